The van der Waals surface area contributed by atoms with E-state index in [4.69, 9.17) is 0 Å². The average Bonchev–Trinajstić information content (AvgIpc) is 3.15. The van der Waals surface area contributed by atoms with Crippen LogP contribution in [0.3, 0.4) is 0 Å². The minimum absolute atomic E-state index is 0.0793. The van der Waals surface area contributed by atoms with Crippen molar-refractivity contribution < 1.29 is 0 Å². The summed E-state index contributed by atoms with van der Waals surface area (Å²) in [6.45, 7) is 0. The first-order valence-corrected chi connectivity index (χ1v) is 11.7. The molecular weight excluding hydrogens is 482 g/mol. The van der Waals surface area contributed by atoms with E-state index in [0.717, 1.165) is 26.9 Å². The fourth-order valence-electron chi connectivity index (χ4n) is 3.70. The lowest BCUT2D eigenvalue weighted by molar-refractivity contribution is 0.657. The maximum atomic E-state index is 13.5. The van der Waals surface area contributed by atoms with Gasteiger partial charge in [0, 0.05) is 10.0 Å². The maximum Gasteiger partial charge on any atom is 0.271 e. The van der Waals surface area contributed by atoms with Gasteiger partial charge in [0.2, 0.25) is 4.80 Å². The Balaban J connectivity index is 1.66. The van der Waals surface area contributed by atoms with Gasteiger partial charge in [-0.05, 0) is 23.3 Å². The van der Waals surface area contributed by atoms with Crippen LogP contribution in [0.2, 0.25) is 0 Å². The highest BCUT2D eigenvalue weighted by Gasteiger charge is 2.28. The molecule has 32 heavy (non-hydrogen) atoms. The summed E-state index contributed by atoms with van der Waals surface area (Å²) in [5.74, 6) is 0. The Bertz CT molecular complexity index is 1490. The first-order valence-electron chi connectivity index (χ1n) is 10.1. The molecule has 6 heteroatoms. The lowest BCUT2D eigenvalue weighted by Crippen LogP contribution is -2.40. The van der Waals surface area contributed by atoms with Crippen LogP contribution in [0.25, 0.3) is 12.2 Å². The molecule has 0 N–H and O–H groups in total. The number of allylic oxidation sites excluding steroid dienone is 1. The number of halogens is 1. The van der Waals surface area contributed by atoms with E-state index in [1.165, 1.54) is 11.3 Å². The van der Waals surface area contributed by atoms with E-state index >= 15 is 0 Å². The van der Waals surface area contributed by atoms with Gasteiger partial charge in [-0.15, -0.1) is 10.2 Å². The van der Waals surface area contributed by atoms with E-state index in [2.05, 4.69) is 26.1 Å². The van der Waals surface area contributed by atoms with Crippen LogP contribution in [-0.4, -0.2) is 10.3 Å². The molecule has 0 radical (unpaired) electrons. The van der Waals surface area contributed by atoms with Crippen molar-refractivity contribution >= 4 is 45.1 Å². The zero-order valence-corrected chi connectivity index (χ0v) is 19.3. The molecule has 1 atom stereocenters. The SMILES string of the molecule is O=c1c(=C/C(Br)=C\c2ccccc2)sc2n1[C@@H](c1ccccc1)C(c1ccccc1)=NN=2. The third kappa shape index (κ3) is 4.07. The van der Waals surface area contributed by atoms with Gasteiger partial charge in [0.05, 0.1) is 10.2 Å². The number of fused-ring (bicyclic) bond motifs is 1. The van der Waals surface area contributed by atoms with E-state index in [1.807, 2.05) is 103 Å². The monoisotopic (exact) mass is 499 g/mol. The summed E-state index contributed by atoms with van der Waals surface area (Å²) in [6.07, 6.45) is 3.84. The average molecular weight is 500 g/mol. The Morgan fingerprint density at radius 1 is 0.875 bits per heavy atom. The molecule has 0 spiro atoms. The zero-order chi connectivity index (χ0) is 21.9. The highest BCUT2D eigenvalue weighted by Crippen LogP contribution is 2.24. The van der Waals surface area contributed by atoms with Gasteiger partial charge in [0.15, 0.2) is 0 Å². The second-order valence-electron chi connectivity index (χ2n) is 7.27. The number of nitrogens with zero attached hydrogens (tertiary/aromatic N) is 3. The Morgan fingerprint density at radius 3 is 2.19 bits per heavy atom. The van der Waals surface area contributed by atoms with E-state index < -0.39 is 0 Å². The number of benzene rings is 3. The molecular formula is C26H18BrN3OS. The molecule has 0 amide bonds. The van der Waals surface area contributed by atoms with Crippen LogP contribution in [0.5, 0.6) is 0 Å². The van der Waals surface area contributed by atoms with Crippen molar-refractivity contribution in [3.63, 3.8) is 0 Å². The summed E-state index contributed by atoms with van der Waals surface area (Å²) in [4.78, 5) is 14.1. The second kappa shape index (κ2) is 9.02. The molecule has 1 aliphatic rings. The summed E-state index contributed by atoms with van der Waals surface area (Å²) in [6, 6.07) is 29.5. The number of thiazole rings is 1. The van der Waals surface area contributed by atoms with Crippen LogP contribution < -0.4 is 14.9 Å². The first-order chi connectivity index (χ1) is 15.7. The van der Waals surface area contributed by atoms with Crippen LogP contribution in [0.4, 0.5) is 0 Å². The molecule has 1 aliphatic heterocycles. The predicted octanol–water partition coefficient (Wildman–Crippen LogP) is 4.75. The van der Waals surface area contributed by atoms with Gasteiger partial charge in [-0.1, -0.05) is 118 Å². The van der Waals surface area contributed by atoms with Crippen LogP contribution in [0, 0.1) is 0 Å². The van der Waals surface area contributed by atoms with E-state index in [9.17, 15) is 4.79 Å². The van der Waals surface area contributed by atoms with Crippen LogP contribution in [-0.2, 0) is 0 Å². The number of rotatable bonds is 4. The quantitative estimate of drug-likeness (QED) is 0.399. The Hall–Kier alpha value is -3.35. The van der Waals surface area contributed by atoms with Crippen LogP contribution >= 0.6 is 27.3 Å². The molecule has 2 heterocycles. The third-order valence-electron chi connectivity index (χ3n) is 5.16. The maximum absolute atomic E-state index is 13.5. The molecule has 0 fully saturated rings. The molecule has 4 nitrogen and oxygen atoms in total. The standard InChI is InChI=1S/C26H18BrN3OS/c27-21(16-18-10-4-1-5-11-18)17-22-25(31)30-24(20-14-8-3-9-15-20)23(28-29-26(30)32-22)19-12-6-2-7-13-19/h1-17,24H/b21-16+,22-17?/t24-/m0/s1. The fraction of sp³-hybridized carbons (Fsp3) is 0.0385. The Morgan fingerprint density at radius 2 is 1.50 bits per heavy atom. The number of hydrogen-bond acceptors (Lipinski definition) is 4. The first kappa shape index (κ1) is 20.5. The number of hydrogen-bond donors (Lipinski definition) is 0. The Kier molecular flexibility index (Phi) is 5.79. The minimum Gasteiger partial charge on any atom is -0.268 e. The van der Waals surface area contributed by atoms with Gasteiger partial charge >= 0.3 is 0 Å². The molecule has 0 unspecified atom stereocenters. The van der Waals surface area contributed by atoms with Crippen molar-refractivity contribution in [2.75, 3.05) is 0 Å². The Labute approximate surface area is 197 Å². The normalized spacial score (nSPS) is 16.3. The minimum atomic E-state index is -0.339. The fourth-order valence-corrected chi connectivity index (χ4v) is 5.28. The lowest BCUT2D eigenvalue weighted by Gasteiger charge is -2.22. The second-order valence-corrected chi connectivity index (χ2v) is 9.20. The van der Waals surface area contributed by atoms with Crippen molar-refractivity contribution in [1.29, 1.82) is 0 Å². The lowest BCUT2D eigenvalue weighted by atomic mass is 9.96. The predicted molar refractivity (Wildman–Crippen MR) is 135 cm³/mol. The molecule has 0 bridgehead atoms. The largest absolute Gasteiger partial charge is 0.271 e. The van der Waals surface area contributed by atoms with Gasteiger partial charge in [0.1, 0.15) is 6.04 Å². The molecule has 0 aliphatic carbocycles. The molecule has 4 aromatic rings. The third-order valence-corrected chi connectivity index (χ3v) is 6.59. The zero-order valence-electron chi connectivity index (χ0n) is 16.9. The molecule has 156 valence electrons. The summed E-state index contributed by atoms with van der Waals surface area (Å²) in [5.41, 5.74) is 3.68. The summed E-state index contributed by atoms with van der Waals surface area (Å²) in [5, 5.41) is 8.97. The topological polar surface area (TPSA) is 46.7 Å². The molecule has 5 rings (SSSR count). The van der Waals surface area contributed by atoms with Crippen molar-refractivity contribution in [1.82, 2.24) is 4.57 Å². The molecule has 3 aromatic carbocycles. The summed E-state index contributed by atoms with van der Waals surface area (Å²) in [7, 11) is 0. The van der Waals surface area contributed by atoms with Crippen LogP contribution in [0.1, 0.15) is 22.7 Å². The summed E-state index contributed by atoms with van der Waals surface area (Å²) >= 11 is 4.94. The van der Waals surface area contributed by atoms with E-state index in [-0.39, 0.29) is 11.6 Å². The molecule has 1 aromatic heterocycles. The van der Waals surface area contributed by atoms with Gasteiger partial charge < -0.3 is 0 Å². The van der Waals surface area contributed by atoms with Gasteiger partial charge in [-0.3, -0.25) is 9.36 Å². The van der Waals surface area contributed by atoms with Crippen molar-refractivity contribution in [2.45, 2.75) is 6.04 Å². The van der Waals surface area contributed by atoms with Gasteiger partial charge in [-0.25, -0.2) is 0 Å². The number of aromatic nitrogens is 1. The highest BCUT2D eigenvalue weighted by atomic mass is 79.9. The van der Waals surface area contributed by atoms with Gasteiger partial charge in [0.25, 0.3) is 5.56 Å². The smallest absolute Gasteiger partial charge is 0.268 e. The molecule has 0 saturated carbocycles. The van der Waals surface area contributed by atoms with Gasteiger partial charge in [-0.2, -0.15) is 0 Å². The van der Waals surface area contributed by atoms with E-state index in [1.54, 1.807) is 4.57 Å². The summed E-state index contributed by atoms with van der Waals surface area (Å²) < 4.78 is 3.18. The van der Waals surface area contributed by atoms with Crippen molar-refractivity contribution in [3.8, 4) is 0 Å². The van der Waals surface area contributed by atoms with Crippen molar-refractivity contribution in [2.24, 2.45) is 10.2 Å². The van der Waals surface area contributed by atoms with Crippen molar-refractivity contribution in [3.05, 3.63) is 132 Å². The van der Waals surface area contributed by atoms with E-state index in [0.29, 0.717) is 9.33 Å². The molecule has 0 saturated heterocycles. The highest BCUT2D eigenvalue weighted by molar-refractivity contribution is 9.12. The van der Waals surface area contributed by atoms with Crippen LogP contribution in [0.15, 0.2) is 110 Å².